The molecule has 1 fully saturated rings. The van der Waals surface area contributed by atoms with Gasteiger partial charge in [0.25, 0.3) is 0 Å². The molecule has 3 heterocycles. The van der Waals surface area contributed by atoms with Crippen LogP contribution in [0.15, 0.2) is 76.1 Å². The molecule has 71 heavy (non-hydrogen) atoms. The number of hydrogen-bond acceptors (Lipinski definition) is 7. The van der Waals surface area contributed by atoms with Crippen molar-refractivity contribution in [2.45, 2.75) is 199 Å². The third kappa shape index (κ3) is 12.1. The highest BCUT2D eigenvalue weighted by Gasteiger charge is 2.51. The van der Waals surface area contributed by atoms with E-state index >= 15 is 0 Å². The summed E-state index contributed by atoms with van der Waals surface area (Å²) in [5, 5.41) is 46.1. The molecule has 2 aliphatic rings. The molecule has 0 amide bonds. The summed E-state index contributed by atoms with van der Waals surface area (Å²) in [5.41, 5.74) is 12.4. The zero-order chi connectivity index (χ0) is 49.2. The van der Waals surface area contributed by atoms with Crippen LogP contribution in [0.3, 0.4) is 0 Å². The Kier molecular flexibility index (Phi) is 19.9. The first-order valence-corrected chi connectivity index (χ1v) is 25.6. The second-order valence-electron chi connectivity index (χ2n) is 21.0. The van der Waals surface area contributed by atoms with E-state index in [9.17, 15) is 20.4 Å². The maximum absolute atomic E-state index is 10.6. The van der Waals surface area contributed by atoms with Crippen molar-refractivity contribution in [1.29, 1.82) is 0 Å². The molecule has 1 saturated carbocycles. The normalized spacial score (nSPS) is 17.0. The van der Waals surface area contributed by atoms with Gasteiger partial charge < -0.3 is 34.0 Å². The quantitative estimate of drug-likeness (QED) is 0.0851. The molecule has 4 atom stereocenters. The van der Waals surface area contributed by atoms with E-state index in [1.54, 1.807) is 0 Å². The number of phenolic OH excluding ortho intramolecular Hbond substituents is 3. The van der Waals surface area contributed by atoms with Crippen molar-refractivity contribution in [1.82, 2.24) is 0 Å². The summed E-state index contributed by atoms with van der Waals surface area (Å²) in [6, 6.07) is 20.3. The fourth-order valence-electron chi connectivity index (χ4n) is 11.0. The van der Waals surface area contributed by atoms with Gasteiger partial charge in [-0.1, -0.05) is 132 Å². The molecular weight excluding hydrogens is 881 g/mol. The first-order valence-electron chi connectivity index (χ1n) is 25.6. The number of benzene rings is 5. The van der Waals surface area contributed by atoms with Crippen LogP contribution in [0.2, 0.25) is 0 Å². The molecule has 4 unspecified atom stereocenters. The van der Waals surface area contributed by atoms with Crippen molar-refractivity contribution in [2.75, 3.05) is 0 Å². The Labute approximate surface area is 427 Å². The first kappa shape index (κ1) is 58.2. The maximum atomic E-state index is 10.6. The lowest BCUT2D eigenvalue weighted by Crippen LogP contribution is -2.45. The predicted molar refractivity (Wildman–Crippen MR) is 303 cm³/mol. The highest BCUT2D eigenvalue weighted by molar-refractivity contribution is 6.14. The van der Waals surface area contributed by atoms with Gasteiger partial charge in [0.05, 0.1) is 16.4 Å². The van der Waals surface area contributed by atoms with E-state index < -0.39 is 5.60 Å². The van der Waals surface area contributed by atoms with Gasteiger partial charge in [0, 0.05) is 22.3 Å². The Morgan fingerprint density at radius 1 is 0.662 bits per heavy atom. The lowest BCUT2D eigenvalue weighted by molar-refractivity contribution is -0.0432. The lowest BCUT2D eigenvalue weighted by Gasteiger charge is -2.42. The summed E-state index contributed by atoms with van der Waals surface area (Å²) in [6.45, 7) is 27.0. The molecule has 1 aliphatic heterocycles. The SMILES string of the molecule is C.C.C.C=C(C)c1ccc(C)c2oc3cc(CCCCC)cc(O)c3c12.CCCCCc1cc(O)c2c(c1)oc1c(C)ccc(C(C)C)c12.CCCc1cc(O)c2c(c1)OC1C(C)CCC(C(C)(C)O)C21. The van der Waals surface area contributed by atoms with E-state index in [2.05, 4.69) is 91.4 Å². The van der Waals surface area contributed by atoms with Crippen molar-refractivity contribution in [3.05, 3.63) is 112 Å². The Balaban J connectivity index is 0.000000227. The Bertz CT molecular complexity index is 2900. The van der Waals surface area contributed by atoms with Gasteiger partial charge in [-0.3, -0.25) is 0 Å². The van der Waals surface area contributed by atoms with Crippen LogP contribution in [0, 0.1) is 25.7 Å². The average Bonchev–Trinajstić information content (AvgIpc) is 3.98. The summed E-state index contributed by atoms with van der Waals surface area (Å²) >= 11 is 0. The zero-order valence-corrected chi connectivity index (χ0v) is 42.9. The topological polar surface area (TPSA) is 116 Å². The van der Waals surface area contributed by atoms with Crippen LogP contribution in [0.4, 0.5) is 0 Å². The molecule has 5 aromatic carbocycles. The van der Waals surface area contributed by atoms with E-state index in [4.69, 9.17) is 13.6 Å². The number of unbranched alkanes of at least 4 members (excludes halogenated alkanes) is 4. The lowest BCUT2D eigenvalue weighted by atomic mass is 9.65. The van der Waals surface area contributed by atoms with Gasteiger partial charge in [-0.2, -0.15) is 0 Å². The monoisotopic (exact) mass is 971 g/mol. The van der Waals surface area contributed by atoms with E-state index in [1.807, 2.05) is 52.0 Å². The van der Waals surface area contributed by atoms with E-state index in [0.29, 0.717) is 29.1 Å². The summed E-state index contributed by atoms with van der Waals surface area (Å²) in [7, 11) is 0. The van der Waals surface area contributed by atoms with Crippen LogP contribution in [0.25, 0.3) is 49.5 Å². The van der Waals surface area contributed by atoms with Crippen LogP contribution in [-0.4, -0.2) is 32.1 Å². The van der Waals surface area contributed by atoms with Crippen molar-refractivity contribution in [3.63, 3.8) is 0 Å². The summed E-state index contributed by atoms with van der Waals surface area (Å²) in [6.07, 6.45) is 13.2. The summed E-state index contributed by atoms with van der Waals surface area (Å²) in [4.78, 5) is 0. The smallest absolute Gasteiger partial charge is 0.139 e. The second-order valence-corrected chi connectivity index (χ2v) is 21.0. The van der Waals surface area contributed by atoms with Crippen molar-refractivity contribution in [2.24, 2.45) is 11.8 Å². The number of aliphatic hydroxyl groups is 1. The third-order valence-corrected chi connectivity index (χ3v) is 14.7. The molecule has 0 bridgehead atoms. The summed E-state index contributed by atoms with van der Waals surface area (Å²) < 4.78 is 18.5. The van der Waals surface area contributed by atoms with E-state index in [0.717, 1.165) is 146 Å². The Morgan fingerprint density at radius 2 is 1.17 bits per heavy atom. The van der Waals surface area contributed by atoms with Gasteiger partial charge in [-0.15, -0.1) is 0 Å². The molecule has 0 radical (unpaired) electrons. The number of aromatic hydroxyl groups is 3. The number of rotatable bonds is 13. The molecule has 7 aromatic rings. The van der Waals surface area contributed by atoms with E-state index in [1.165, 1.54) is 31.2 Å². The Morgan fingerprint density at radius 3 is 1.68 bits per heavy atom. The molecule has 7 nitrogen and oxygen atoms in total. The van der Waals surface area contributed by atoms with Crippen LogP contribution in [0.1, 0.15) is 199 Å². The maximum Gasteiger partial charge on any atom is 0.139 e. The number of hydrogen-bond donors (Lipinski definition) is 4. The average molecular weight is 971 g/mol. The van der Waals surface area contributed by atoms with Gasteiger partial charge in [-0.05, 0) is 173 Å². The fourth-order valence-corrected chi connectivity index (χ4v) is 11.0. The minimum atomic E-state index is -0.761. The minimum absolute atomic E-state index is 0. The number of allylic oxidation sites excluding steroid dienone is 1. The number of aryl methyl sites for hydroxylation is 5. The third-order valence-electron chi connectivity index (χ3n) is 14.7. The highest BCUT2D eigenvalue weighted by Crippen LogP contribution is 2.56. The van der Waals surface area contributed by atoms with Crippen LogP contribution in [-0.2, 0) is 19.3 Å². The first-order chi connectivity index (χ1) is 32.4. The molecule has 7 heteroatoms. The second kappa shape index (κ2) is 24.3. The predicted octanol–water partition coefficient (Wildman–Crippen LogP) is 18.7. The van der Waals surface area contributed by atoms with Gasteiger partial charge in [0.1, 0.15) is 51.4 Å². The molecule has 9 rings (SSSR count). The van der Waals surface area contributed by atoms with Gasteiger partial charge in [0.2, 0.25) is 0 Å². The van der Waals surface area contributed by atoms with Crippen molar-refractivity contribution in [3.8, 4) is 23.0 Å². The summed E-state index contributed by atoms with van der Waals surface area (Å²) in [5.74, 6) is 2.89. The number of fused-ring (bicyclic) bond motifs is 9. The van der Waals surface area contributed by atoms with Crippen molar-refractivity contribution >= 4 is 49.5 Å². The fraction of sp³-hybridized carbons (Fsp3) is 0.500. The van der Waals surface area contributed by atoms with Crippen LogP contribution < -0.4 is 4.74 Å². The van der Waals surface area contributed by atoms with Crippen LogP contribution in [0.5, 0.6) is 23.0 Å². The molecule has 0 spiro atoms. The molecular formula is C64H90O7. The van der Waals surface area contributed by atoms with Crippen LogP contribution >= 0.6 is 0 Å². The number of phenols is 3. The largest absolute Gasteiger partial charge is 0.508 e. The highest BCUT2D eigenvalue weighted by atomic mass is 16.5. The number of furan rings is 2. The number of ether oxygens (including phenoxy) is 1. The Hall–Kier alpha value is -5.40. The molecule has 0 saturated heterocycles. The van der Waals surface area contributed by atoms with Gasteiger partial charge in [0.15, 0.2) is 0 Å². The standard InChI is InChI=1S/C21H26O2.C21H24O2.C19H28O3.3CH4/c2*1-5-6-7-8-15-11-17(22)20-18(12-15)23-21-14(4)9-10-16(13(2)3)19(20)21;1-5-6-12-9-14(20)17-15(10-12)22-18-11(2)7-8-13(16(17)18)19(3,4)21;;;/h9-13,22H,5-8H2,1-4H3;9-12,22H,2,5-8H2,1,3-4H3;9-11,13,16,18,20-21H,5-8H2,1-4H3;3*1H4. The van der Waals surface area contributed by atoms with Gasteiger partial charge in [-0.25, -0.2) is 0 Å². The van der Waals surface area contributed by atoms with Crippen molar-refractivity contribution < 1.29 is 34.0 Å². The zero-order valence-electron chi connectivity index (χ0n) is 42.9. The minimum Gasteiger partial charge on any atom is -0.508 e. The molecule has 1 aliphatic carbocycles. The molecule has 2 aromatic heterocycles. The van der Waals surface area contributed by atoms with E-state index in [-0.39, 0.29) is 40.2 Å². The molecule has 388 valence electrons. The van der Waals surface area contributed by atoms with Gasteiger partial charge >= 0.3 is 0 Å². The molecule has 4 N–H and O–H groups in total.